The fourth-order valence-corrected chi connectivity index (χ4v) is 3.14. The summed E-state index contributed by atoms with van der Waals surface area (Å²) in [6, 6.07) is 2.31. The summed E-state index contributed by atoms with van der Waals surface area (Å²) in [7, 11) is 1.38. The van der Waals surface area contributed by atoms with E-state index >= 15 is 0 Å². The molecule has 0 aromatic carbocycles. The van der Waals surface area contributed by atoms with E-state index < -0.39 is 0 Å². The molecule has 1 fully saturated rings. The minimum absolute atomic E-state index is 0.349. The van der Waals surface area contributed by atoms with Crippen LogP contribution < -0.4 is 5.32 Å². The maximum Gasteiger partial charge on any atom is 0.341 e. The number of furan rings is 1. The lowest BCUT2D eigenvalue weighted by molar-refractivity contribution is 0.0600. The van der Waals surface area contributed by atoms with Crippen molar-refractivity contribution in [2.24, 2.45) is 11.8 Å². The molecule has 0 radical (unpaired) electrons. The monoisotopic (exact) mass is 279 g/mol. The summed E-state index contributed by atoms with van der Waals surface area (Å²) in [6.45, 7) is 5.27. The minimum atomic E-state index is -0.349. The molecule has 2 unspecified atom stereocenters. The number of methoxy groups -OCH3 is 1. The molecule has 1 aliphatic carbocycles. The first-order valence-electron chi connectivity index (χ1n) is 7.51. The van der Waals surface area contributed by atoms with Crippen molar-refractivity contribution in [3.63, 3.8) is 0 Å². The van der Waals surface area contributed by atoms with Crippen LogP contribution in [0.25, 0.3) is 0 Å². The molecule has 1 N–H and O–H groups in total. The van der Waals surface area contributed by atoms with Crippen LogP contribution in [-0.4, -0.2) is 19.1 Å². The zero-order valence-electron chi connectivity index (χ0n) is 12.6. The molecule has 0 bridgehead atoms. The van der Waals surface area contributed by atoms with Gasteiger partial charge in [-0.2, -0.15) is 0 Å². The predicted molar refractivity (Wildman–Crippen MR) is 77.5 cm³/mol. The molecule has 1 aromatic heterocycles. The van der Waals surface area contributed by atoms with Gasteiger partial charge in [-0.15, -0.1) is 0 Å². The van der Waals surface area contributed by atoms with Crippen LogP contribution in [0.4, 0.5) is 0 Å². The topological polar surface area (TPSA) is 51.5 Å². The zero-order chi connectivity index (χ0) is 14.5. The maximum atomic E-state index is 11.4. The molecular formula is C16H25NO3. The molecule has 2 atom stereocenters. The van der Waals surface area contributed by atoms with Crippen molar-refractivity contribution in [2.75, 3.05) is 7.11 Å². The van der Waals surface area contributed by atoms with Crippen molar-refractivity contribution < 1.29 is 13.9 Å². The molecule has 20 heavy (non-hydrogen) atoms. The molecule has 0 amide bonds. The summed E-state index contributed by atoms with van der Waals surface area (Å²) < 4.78 is 10.1. The highest BCUT2D eigenvalue weighted by molar-refractivity contribution is 5.88. The van der Waals surface area contributed by atoms with Gasteiger partial charge in [0.25, 0.3) is 0 Å². The number of rotatable bonds is 5. The van der Waals surface area contributed by atoms with E-state index in [2.05, 4.69) is 23.9 Å². The van der Waals surface area contributed by atoms with E-state index in [1.54, 1.807) is 6.07 Å². The Morgan fingerprint density at radius 2 is 2.20 bits per heavy atom. The third-order valence-electron chi connectivity index (χ3n) is 4.29. The average Bonchev–Trinajstić information content (AvgIpc) is 2.93. The lowest BCUT2D eigenvalue weighted by Gasteiger charge is -2.34. The van der Waals surface area contributed by atoms with Gasteiger partial charge in [-0.05, 0) is 30.7 Å². The van der Waals surface area contributed by atoms with Gasteiger partial charge < -0.3 is 14.5 Å². The Morgan fingerprint density at radius 3 is 2.90 bits per heavy atom. The van der Waals surface area contributed by atoms with Crippen molar-refractivity contribution in [1.29, 1.82) is 0 Å². The highest BCUT2D eigenvalue weighted by Gasteiger charge is 2.27. The van der Waals surface area contributed by atoms with E-state index in [1.165, 1.54) is 39.1 Å². The van der Waals surface area contributed by atoms with E-state index in [0.717, 1.165) is 11.7 Å². The SMILES string of the molecule is COC(=O)c1coc(CNC2CCCCC2C(C)C)c1. The first-order chi connectivity index (χ1) is 9.61. The van der Waals surface area contributed by atoms with Gasteiger partial charge in [0, 0.05) is 6.04 Å². The van der Waals surface area contributed by atoms with Crippen LogP contribution in [0.1, 0.15) is 55.6 Å². The summed E-state index contributed by atoms with van der Waals surface area (Å²) in [5, 5.41) is 3.59. The van der Waals surface area contributed by atoms with Crippen molar-refractivity contribution in [3.05, 3.63) is 23.7 Å². The molecule has 4 heteroatoms. The van der Waals surface area contributed by atoms with Crippen LogP contribution in [0, 0.1) is 11.8 Å². The number of carbonyl (C=O) groups is 1. The molecule has 1 saturated carbocycles. The van der Waals surface area contributed by atoms with Gasteiger partial charge in [-0.3, -0.25) is 0 Å². The normalized spacial score (nSPS) is 23.0. The molecular weight excluding hydrogens is 254 g/mol. The Labute approximate surface area is 120 Å². The number of esters is 1. The van der Waals surface area contributed by atoms with Gasteiger partial charge in [-0.1, -0.05) is 26.7 Å². The average molecular weight is 279 g/mol. The lowest BCUT2D eigenvalue weighted by atomic mass is 9.78. The number of carbonyl (C=O) groups excluding carboxylic acids is 1. The summed E-state index contributed by atoms with van der Waals surface area (Å²) in [6.07, 6.45) is 6.64. The van der Waals surface area contributed by atoms with E-state index in [0.29, 0.717) is 24.1 Å². The van der Waals surface area contributed by atoms with Crippen molar-refractivity contribution in [3.8, 4) is 0 Å². The summed E-state index contributed by atoms with van der Waals surface area (Å²) in [5.41, 5.74) is 0.480. The fourth-order valence-electron chi connectivity index (χ4n) is 3.14. The smallest absolute Gasteiger partial charge is 0.341 e. The molecule has 1 heterocycles. The van der Waals surface area contributed by atoms with Crippen molar-refractivity contribution in [2.45, 2.75) is 52.1 Å². The Bertz CT molecular complexity index is 439. The first kappa shape index (κ1) is 15.1. The van der Waals surface area contributed by atoms with E-state index in [9.17, 15) is 4.79 Å². The van der Waals surface area contributed by atoms with E-state index in [1.807, 2.05) is 0 Å². The van der Waals surface area contributed by atoms with Gasteiger partial charge in [0.05, 0.1) is 19.2 Å². The van der Waals surface area contributed by atoms with Gasteiger partial charge in [0.15, 0.2) is 0 Å². The lowest BCUT2D eigenvalue weighted by Crippen LogP contribution is -2.40. The summed E-state index contributed by atoms with van der Waals surface area (Å²) >= 11 is 0. The molecule has 0 saturated heterocycles. The second-order valence-electron chi connectivity index (χ2n) is 5.97. The maximum absolute atomic E-state index is 11.4. The minimum Gasteiger partial charge on any atom is -0.467 e. The Kier molecular flexibility index (Phi) is 5.24. The molecule has 0 spiro atoms. The molecule has 2 rings (SSSR count). The molecule has 1 aliphatic rings. The number of hydrogen-bond donors (Lipinski definition) is 1. The molecule has 1 aromatic rings. The van der Waals surface area contributed by atoms with Crippen molar-refractivity contribution in [1.82, 2.24) is 5.32 Å². The van der Waals surface area contributed by atoms with Crippen LogP contribution in [0.15, 0.2) is 16.7 Å². The zero-order valence-corrected chi connectivity index (χ0v) is 12.6. The Hall–Kier alpha value is -1.29. The van der Waals surface area contributed by atoms with Crippen molar-refractivity contribution >= 4 is 5.97 Å². The number of nitrogens with one attached hydrogen (secondary N) is 1. The predicted octanol–water partition coefficient (Wildman–Crippen LogP) is 3.37. The van der Waals surface area contributed by atoms with Crippen LogP contribution in [0.2, 0.25) is 0 Å². The van der Waals surface area contributed by atoms with Crippen LogP contribution in [0.5, 0.6) is 0 Å². The highest BCUT2D eigenvalue weighted by atomic mass is 16.5. The third kappa shape index (κ3) is 3.63. The molecule has 4 nitrogen and oxygen atoms in total. The third-order valence-corrected chi connectivity index (χ3v) is 4.29. The number of ether oxygens (including phenoxy) is 1. The first-order valence-corrected chi connectivity index (χ1v) is 7.51. The molecule has 0 aliphatic heterocycles. The van der Waals surface area contributed by atoms with Crippen LogP contribution >= 0.6 is 0 Å². The fraction of sp³-hybridized carbons (Fsp3) is 0.688. The van der Waals surface area contributed by atoms with E-state index in [4.69, 9.17) is 4.42 Å². The van der Waals surface area contributed by atoms with Gasteiger partial charge in [0.2, 0.25) is 0 Å². The summed E-state index contributed by atoms with van der Waals surface area (Å²) in [4.78, 5) is 11.4. The van der Waals surface area contributed by atoms with Gasteiger partial charge >= 0.3 is 5.97 Å². The second-order valence-corrected chi connectivity index (χ2v) is 5.97. The molecule has 112 valence electrons. The standard InChI is InChI=1S/C16H25NO3/c1-11(2)14-6-4-5-7-15(14)17-9-13-8-12(10-20-13)16(18)19-3/h8,10-11,14-15,17H,4-7,9H2,1-3H3. The number of hydrogen-bond acceptors (Lipinski definition) is 4. The van der Waals surface area contributed by atoms with Crippen LogP contribution in [0.3, 0.4) is 0 Å². The highest BCUT2D eigenvalue weighted by Crippen LogP contribution is 2.30. The Morgan fingerprint density at radius 1 is 1.45 bits per heavy atom. The van der Waals surface area contributed by atoms with Crippen LogP contribution in [-0.2, 0) is 11.3 Å². The summed E-state index contributed by atoms with van der Waals surface area (Å²) in [5.74, 6) is 1.88. The van der Waals surface area contributed by atoms with Gasteiger partial charge in [-0.25, -0.2) is 4.79 Å². The van der Waals surface area contributed by atoms with E-state index in [-0.39, 0.29) is 5.97 Å². The Balaban J connectivity index is 1.90. The quantitative estimate of drug-likeness (QED) is 0.840. The largest absolute Gasteiger partial charge is 0.467 e. The second kappa shape index (κ2) is 6.93. The van der Waals surface area contributed by atoms with Gasteiger partial charge in [0.1, 0.15) is 12.0 Å².